The average molecular weight is 285 g/mol. The van der Waals surface area contributed by atoms with Gasteiger partial charge >= 0.3 is 6.03 Å². The zero-order valence-corrected chi connectivity index (χ0v) is 11.9. The van der Waals surface area contributed by atoms with E-state index in [0.717, 1.165) is 11.3 Å². The van der Waals surface area contributed by atoms with Crippen LogP contribution in [0.15, 0.2) is 48.7 Å². The Hall–Kier alpha value is -2.40. The van der Waals surface area contributed by atoms with Gasteiger partial charge in [0.05, 0.1) is 11.4 Å². The second-order valence-electron chi connectivity index (χ2n) is 4.78. The van der Waals surface area contributed by atoms with E-state index in [-0.39, 0.29) is 18.7 Å². The summed E-state index contributed by atoms with van der Waals surface area (Å²) in [6, 6.07) is 12.9. The molecule has 0 aliphatic heterocycles. The number of hydrogen-bond acceptors (Lipinski definition) is 3. The van der Waals surface area contributed by atoms with Crippen LogP contribution in [-0.4, -0.2) is 28.8 Å². The molecule has 3 N–H and O–H groups in total. The predicted octanol–water partition coefficient (Wildman–Crippen LogP) is 2.64. The minimum atomic E-state index is -0.305. The van der Waals surface area contributed by atoms with Crippen LogP contribution in [0.25, 0.3) is 11.3 Å². The van der Waals surface area contributed by atoms with Crippen molar-refractivity contribution in [3.8, 4) is 11.3 Å². The lowest BCUT2D eigenvalue weighted by Crippen LogP contribution is -2.36. The second kappa shape index (κ2) is 7.40. The molecule has 5 heteroatoms. The Morgan fingerprint density at radius 1 is 1.24 bits per heavy atom. The maximum absolute atomic E-state index is 11.9. The van der Waals surface area contributed by atoms with Crippen LogP contribution in [0.2, 0.25) is 0 Å². The number of benzene rings is 1. The summed E-state index contributed by atoms with van der Waals surface area (Å²) in [4.78, 5) is 16.3. The largest absolute Gasteiger partial charge is 0.396 e. The van der Waals surface area contributed by atoms with Gasteiger partial charge in [0.2, 0.25) is 0 Å². The third-order valence-electron chi connectivity index (χ3n) is 3.04. The first-order chi connectivity index (χ1) is 10.2. The molecule has 2 amide bonds. The average Bonchev–Trinajstić information content (AvgIpc) is 2.48. The fraction of sp³-hybridized carbons (Fsp3) is 0.250. The highest BCUT2D eigenvalue weighted by atomic mass is 16.3. The highest BCUT2D eigenvalue weighted by Crippen LogP contribution is 2.24. The van der Waals surface area contributed by atoms with Gasteiger partial charge in [0.25, 0.3) is 0 Å². The van der Waals surface area contributed by atoms with Crippen molar-refractivity contribution in [1.29, 1.82) is 0 Å². The van der Waals surface area contributed by atoms with E-state index in [1.807, 2.05) is 43.3 Å². The van der Waals surface area contributed by atoms with Crippen molar-refractivity contribution >= 4 is 11.7 Å². The molecule has 0 fully saturated rings. The molecule has 2 aromatic rings. The molecule has 1 heterocycles. The molecule has 1 aromatic carbocycles. The Labute approximate surface area is 124 Å². The summed E-state index contributed by atoms with van der Waals surface area (Å²) in [6.45, 7) is 1.89. The van der Waals surface area contributed by atoms with Gasteiger partial charge in [-0.25, -0.2) is 4.79 Å². The smallest absolute Gasteiger partial charge is 0.319 e. The molecule has 5 nitrogen and oxygen atoms in total. The van der Waals surface area contributed by atoms with Gasteiger partial charge in [-0.05, 0) is 25.5 Å². The monoisotopic (exact) mass is 285 g/mol. The number of amides is 2. The van der Waals surface area contributed by atoms with Crippen LogP contribution in [0.4, 0.5) is 10.5 Å². The summed E-state index contributed by atoms with van der Waals surface area (Å²) in [7, 11) is 0. The van der Waals surface area contributed by atoms with Gasteiger partial charge in [0.15, 0.2) is 0 Å². The van der Waals surface area contributed by atoms with Crippen LogP contribution in [0.3, 0.4) is 0 Å². The molecule has 0 saturated carbocycles. The molecule has 110 valence electrons. The fourth-order valence-corrected chi connectivity index (χ4v) is 1.98. The van der Waals surface area contributed by atoms with Crippen molar-refractivity contribution in [3.05, 3.63) is 48.7 Å². The molecule has 0 spiro atoms. The van der Waals surface area contributed by atoms with Gasteiger partial charge in [0.1, 0.15) is 0 Å². The van der Waals surface area contributed by atoms with E-state index in [1.54, 1.807) is 12.3 Å². The van der Waals surface area contributed by atoms with Crippen LogP contribution in [-0.2, 0) is 0 Å². The first-order valence-corrected chi connectivity index (χ1v) is 6.89. The van der Waals surface area contributed by atoms with Crippen molar-refractivity contribution in [2.24, 2.45) is 0 Å². The molecular weight excluding hydrogens is 266 g/mol. The molecule has 0 bridgehead atoms. The zero-order chi connectivity index (χ0) is 15.1. The number of aliphatic hydroxyl groups is 1. The summed E-state index contributed by atoms with van der Waals surface area (Å²) >= 11 is 0. The van der Waals surface area contributed by atoms with E-state index in [9.17, 15) is 4.79 Å². The molecule has 2 rings (SSSR count). The van der Waals surface area contributed by atoms with Crippen molar-refractivity contribution in [2.45, 2.75) is 19.4 Å². The fourth-order valence-electron chi connectivity index (χ4n) is 1.98. The number of carbonyl (C=O) groups is 1. The normalized spacial score (nSPS) is 11.7. The number of pyridine rings is 1. The highest BCUT2D eigenvalue weighted by molar-refractivity contribution is 5.93. The summed E-state index contributed by atoms with van der Waals surface area (Å²) in [5, 5.41) is 14.4. The molecule has 0 aliphatic carbocycles. The van der Waals surface area contributed by atoms with Gasteiger partial charge in [-0.1, -0.05) is 30.3 Å². The van der Waals surface area contributed by atoms with E-state index in [0.29, 0.717) is 12.1 Å². The van der Waals surface area contributed by atoms with Crippen LogP contribution in [0, 0.1) is 0 Å². The first kappa shape index (κ1) is 15.0. The topological polar surface area (TPSA) is 74.2 Å². The van der Waals surface area contributed by atoms with Gasteiger partial charge in [-0.2, -0.15) is 0 Å². The van der Waals surface area contributed by atoms with Crippen LogP contribution in [0.5, 0.6) is 0 Å². The Morgan fingerprint density at radius 3 is 2.71 bits per heavy atom. The Bertz CT molecular complexity index is 587. The Kier molecular flexibility index (Phi) is 5.29. The lowest BCUT2D eigenvalue weighted by molar-refractivity contribution is 0.241. The lowest BCUT2D eigenvalue weighted by atomic mass is 10.1. The standard InChI is InChI=1S/C16H19N3O2/c1-12(9-11-20)18-16(21)19-14-8-5-10-17-15(14)13-6-3-2-4-7-13/h2-8,10,12,20H,9,11H2,1H3,(H2,18,19,21)/t12-/m1/s1. The van der Waals surface area contributed by atoms with Gasteiger partial charge < -0.3 is 15.7 Å². The number of nitrogens with one attached hydrogen (secondary N) is 2. The number of hydrogen-bond donors (Lipinski definition) is 3. The van der Waals surface area contributed by atoms with Crippen LogP contribution >= 0.6 is 0 Å². The van der Waals surface area contributed by atoms with Crippen molar-refractivity contribution in [1.82, 2.24) is 10.3 Å². The third kappa shape index (κ3) is 4.29. The highest BCUT2D eigenvalue weighted by Gasteiger charge is 2.11. The van der Waals surface area contributed by atoms with Gasteiger partial charge in [-0.15, -0.1) is 0 Å². The van der Waals surface area contributed by atoms with Crippen LogP contribution < -0.4 is 10.6 Å². The maximum atomic E-state index is 11.9. The van der Waals surface area contributed by atoms with E-state index in [2.05, 4.69) is 15.6 Å². The Morgan fingerprint density at radius 2 is 2.00 bits per heavy atom. The number of nitrogens with zero attached hydrogens (tertiary/aromatic N) is 1. The van der Waals surface area contributed by atoms with Crippen molar-refractivity contribution in [3.63, 3.8) is 0 Å². The van der Waals surface area contributed by atoms with Crippen molar-refractivity contribution < 1.29 is 9.90 Å². The SMILES string of the molecule is C[C@H](CCO)NC(=O)Nc1cccnc1-c1ccccc1. The Balaban J connectivity index is 2.12. The lowest BCUT2D eigenvalue weighted by Gasteiger charge is -2.15. The van der Waals surface area contributed by atoms with Crippen molar-refractivity contribution in [2.75, 3.05) is 11.9 Å². The summed E-state index contributed by atoms with van der Waals surface area (Å²) < 4.78 is 0. The maximum Gasteiger partial charge on any atom is 0.319 e. The second-order valence-corrected chi connectivity index (χ2v) is 4.78. The number of carbonyl (C=O) groups excluding carboxylic acids is 1. The van der Waals surface area contributed by atoms with E-state index < -0.39 is 0 Å². The van der Waals surface area contributed by atoms with E-state index in [1.165, 1.54) is 0 Å². The third-order valence-corrected chi connectivity index (χ3v) is 3.04. The zero-order valence-electron chi connectivity index (χ0n) is 11.9. The van der Waals surface area contributed by atoms with E-state index >= 15 is 0 Å². The van der Waals surface area contributed by atoms with Crippen LogP contribution in [0.1, 0.15) is 13.3 Å². The molecule has 0 radical (unpaired) electrons. The molecule has 1 atom stereocenters. The number of rotatable bonds is 5. The number of anilines is 1. The minimum Gasteiger partial charge on any atom is -0.396 e. The molecule has 0 aliphatic rings. The van der Waals surface area contributed by atoms with Gasteiger partial charge in [-0.3, -0.25) is 4.98 Å². The predicted molar refractivity (Wildman–Crippen MR) is 83.0 cm³/mol. The quantitative estimate of drug-likeness (QED) is 0.790. The minimum absolute atomic E-state index is 0.0452. The van der Waals surface area contributed by atoms with Gasteiger partial charge in [0, 0.05) is 24.4 Å². The first-order valence-electron chi connectivity index (χ1n) is 6.89. The summed E-state index contributed by atoms with van der Waals surface area (Å²) in [5.41, 5.74) is 2.32. The summed E-state index contributed by atoms with van der Waals surface area (Å²) in [6.07, 6.45) is 2.21. The van der Waals surface area contributed by atoms with E-state index in [4.69, 9.17) is 5.11 Å². The number of aromatic nitrogens is 1. The number of aliphatic hydroxyl groups excluding tert-OH is 1. The molecular formula is C16H19N3O2. The molecule has 0 saturated heterocycles. The molecule has 0 unspecified atom stereocenters. The number of urea groups is 1. The molecule has 1 aromatic heterocycles. The molecule has 21 heavy (non-hydrogen) atoms. The summed E-state index contributed by atoms with van der Waals surface area (Å²) in [5.74, 6) is 0.